The number of benzene rings is 5. The lowest BCUT2D eigenvalue weighted by Gasteiger charge is -2.10. The van der Waals surface area contributed by atoms with Crippen LogP contribution in [0.2, 0.25) is 0 Å². The molecular weight excluding hydrogens is 516 g/mol. The van der Waals surface area contributed by atoms with E-state index in [4.69, 9.17) is 15.0 Å². The van der Waals surface area contributed by atoms with Gasteiger partial charge >= 0.3 is 0 Å². The van der Waals surface area contributed by atoms with Gasteiger partial charge in [-0.2, -0.15) is 0 Å². The number of nitrogens with zero attached hydrogens (tertiary/aromatic N) is 6. The molecule has 8 rings (SSSR count). The Labute approximate surface area is 241 Å². The fraction of sp³-hybridized carbons (Fsp3) is 0. The molecular formula is C36H22N6. The van der Waals surface area contributed by atoms with E-state index in [0.717, 1.165) is 49.1 Å². The molecule has 3 heterocycles. The highest BCUT2D eigenvalue weighted by atomic mass is 15.0. The Morgan fingerprint density at radius 1 is 0.333 bits per heavy atom. The molecule has 0 aliphatic rings. The molecule has 6 nitrogen and oxygen atoms in total. The molecule has 0 aliphatic heterocycles. The number of fused-ring (bicyclic) bond motifs is 3. The van der Waals surface area contributed by atoms with E-state index in [9.17, 15) is 0 Å². The summed E-state index contributed by atoms with van der Waals surface area (Å²) in [5, 5.41) is 5.66. The van der Waals surface area contributed by atoms with E-state index in [1.807, 2.05) is 54.6 Å². The molecule has 0 N–H and O–H groups in total. The van der Waals surface area contributed by atoms with Crippen LogP contribution < -0.4 is 0 Å². The molecule has 196 valence electrons. The summed E-state index contributed by atoms with van der Waals surface area (Å²) in [7, 11) is 0. The first-order valence-electron chi connectivity index (χ1n) is 13.7. The molecule has 0 fully saturated rings. The van der Waals surface area contributed by atoms with Crippen LogP contribution in [0.15, 0.2) is 134 Å². The van der Waals surface area contributed by atoms with Crippen LogP contribution in [0, 0.1) is 0 Å². The van der Waals surface area contributed by atoms with E-state index >= 15 is 0 Å². The van der Waals surface area contributed by atoms with Crippen molar-refractivity contribution in [3.63, 3.8) is 0 Å². The predicted molar refractivity (Wildman–Crippen MR) is 167 cm³/mol. The fourth-order valence-electron chi connectivity index (χ4n) is 5.22. The summed E-state index contributed by atoms with van der Waals surface area (Å²) in [5.74, 6) is 2.32. The Kier molecular flexibility index (Phi) is 5.67. The Hall–Kier alpha value is -5.88. The van der Waals surface area contributed by atoms with Gasteiger partial charge in [0.15, 0.2) is 23.3 Å². The SMILES string of the molecule is c1ccc2cc(-c3nc(-c4cnc(-c5ccc6cccnc6c5)nc4)nc(-c4ccc5ccccc5c4)n3)ccc2c1. The number of hydrogen-bond acceptors (Lipinski definition) is 6. The second-order valence-corrected chi connectivity index (χ2v) is 10.1. The minimum atomic E-state index is 0.517. The molecule has 0 atom stereocenters. The molecule has 0 radical (unpaired) electrons. The lowest BCUT2D eigenvalue weighted by Crippen LogP contribution is -2.01. The van der Waals surface area contributed by atoms with Gasteiger partial charge in [-0.15, -0.1) is 0 Å². The third-order valence-corrected chi connectivity index (χ3v) is 7.42. The lowest BCUT2D eigenvalue weighted by atomic mass is 10.1. The zero-order valence-electron chi connectivity index (χ0n) is 22.4. The Morgan fingerprint density at radius 2 is 0.810 bits per heavy atom. The number of aromatic nitrogens is 6. The highest BCUT2D eigenvalue weighted by Gasteiger charge is 2.14. The average molecular weight is 539 g/mol. The highest BCUT2D eigenvalue weighted by molar-refractivity contribution is 5.88. The van der Waals surface area contributed by atoms with Gasteiger partial charge < -0.3 is 0 Å². The summed E-state index contributed by atoms with van der Waals surface area (Å²) in [4.78, 5) is 28.6. The van der Waals surface area contributed by atoms with Crippen molar-refractivity contribution >= 4 is 32.4 Å². The number of rotatable bonds is 4. The van der Waals surface area contributed by atoms with E-state index in [0.29, 0.717) is 28.9 Å². The topological polar surface area (TPSA) is 77.3 Å². The molecule has 0 saturated heterocycles. The van der Waals surface area contributed by atoms with Gasteiger partial charge in [-0.3, -0.25) is 4.98 Å². The maximum absolute atomic E-state index is 4.94. The quantitative estimate of drug-likeness (QED) is 0.225. The van der Waals surface area contributed by atoms with Gasteiger partial charge in [-0.25, -0.2) is 24.9 Å². The number of pyridine rings is 1. The third-order valence-electron chi connectivity index (χ3n) is 7.42. The lowest BCUT2D eigenvalue weighted by molar-refractivity contribution is 1.06. The van der Waals surface area contributed by atoms with E-state index in [1.54, 1.807) is 18.6 Å². The van der Waals surface area contributed by atoms with Gasteiger partial charge in [-0.05, 0) is 45.8 Å². The predicted octanol–water partition coefficient (Wildman–Crippen LogP) is 8.18. The second kappa shape index (κ2) is 9.94. The maximum atomic E-state index is 4.94. The first kappa shape index (κ1) is 24.0. The van der Waals surface area contributed by atoms with E-state index in [1.165, 1.54) is 0 Å². The fourth-order valence-corrected chi connectivity index (χ4v) is 5.22. The minimum absolute atomic E-state index is 0.517. The Morgan fingerprint density at radius 3 is 1.40 bits per heavy atom. The monoisotopic (exact) mass is 538 g/mol. The summed E-state index contributed by atoms with van der Waals surface area (Å²) in [6.07, 6.45) is 5.33. The van der Waals surface area contributed by atoms with Gasteiger partial charge in [-0.1, -0.05) is 91.0 Å². The minimum Gasteiger partial charge on any atom is -0.256 e. The van der Waals surface area contributed by atoms with Crippen molar-refractivity contribution in [3.05, 3.63) is 134 Å². The molecule has 6 heteroatoms. The van der Waals surface area contributed by atoms with Crippen LogP contribution in [0.5, 0.6) is 0 Å². The zero-order valence-corrected chi connectivity index (χ0v) is 22.4. The van der Waals surface area contributed by atoms with Gasteiger partial charge in [0.05, 0.1) is 11.1 Å². The van der Waals surface area contributed by atoms with Gasteiger partial charge in [0.2, 0.25) is 0 Å². The molecule has 5 aromatic carbocycles. The van der Waals surface area contributed by atoms with Gasteiger partial charge in [0.1, 0.15) is 0 Å². The van der Waals surface area contributed by atoms with Crippen LogP contribution in [-0.4, -0.2) is 29.9 Å². The van der Waals surface area contributed by atoms with E-state index in [2.05, 4.69) is 75.6 Å². The van der Waals surface area contributed by atoms with Crippen LogP contribution >= 0.6 is 0 Å². The van der Waals surface area contributed by atoms with E-state index < -0.39 is 0 Å². The molecule has 8 aromatic rings. The van der Waals surface area contributed by atoms with Crippen LogP contribution in [0.3, 0.4) is 0 Å². The third kappa shape index (κ3) is 4.41. The first-order valence-corrected chi connectivity index (χ1v) is 13.7. The normalized spacial score (nSPS) is 11.3. The standard InChI is InChI=1S/C36H22N6/c1-3-8-26-18-28(14-11-23(26)6-1)34-40-35(29-15-12-24-7-2-4-9-27(24)19-29)42-36(41-34)31-21-38-33(39-22-31)30-16-13-25-10-5-17-37-32(25)20-30/h1-22H. The molecule has 0 spiro atoms. The zero-order chi connectivity index (χ0) is 27.9. The first-order chi connectivity index (χ1) is 20.8. The summed E-state index contributed by atoms with van der Waals surface area (Å²) in [6, 6.07) is 39.1. The van der Waals surface area contributed by atoms with Crippen molar-refractivity contribution in [1.82, 2.24) is 29.9 Å². The molecule has 3 aromatic heterocycles. The number of hydrogen-bond donors (Lipinski definition) is 0. The van der Waals surface area contributed by atoms with Crippen molar-refractivity contribution in [2.45, 2.75) is 0 Å². The van der Waals surface area contributed by atoms with E-state index in [-0.39, 0.29) is 0 Å². The Balaban J connectivity index is 1.25. The van der Waals surface area contributed by atoms with Crippen molar-refractivity contribution in [1.29, 1.82) is 0 Å². The molecule has 0 amide bonds. The molecule has 0 aliphatic carbocycles. The largest absolute Gasteiger partial charge is 0.256 e. The summed E-state index contributed by atoms with van der Waals surface area (Å²) < 4.78 is 0. The molecule has 0 unspecified atom stereocenters. The maximum Gasteiger partial charge on any atom is 0.167 e. The highest BCUT2D eigenvalue weighted by Crippen LogP contribution is 2.29. The van der Waals surface area contributed by atoms with Crippen LogP contribution in [-0.2, 0) is 0 Å². The Bertz CT molecular complexity index is 2160. The molecule has 0 saturated carbocycles. The summed E-state index contributed by atoms with van der Waals surface area (Å²) >= 11 is 0. The van der Waals surface area contributed by atoms with Gasteiger partial charge in [0.25, 0.3) is 0 Å². The van der Waals surface area contributed by atoms with Crippen molar-refractivity contribution in [2.24, 2.45) is 0 Å². The van der Waals surface area contributed by atoms with Gasteiger partial charge in [0, 0.05) is 40.7 Å². The van der Waals surface area contributed by atoms with Crippen molar-refractivity contribution < 1.29 is 0 Å². The van der Waals surface area contributed by atoms with Crippen LogP contribution in [0.4, 0.5) is 0 Å². The summed E-state index contributed by atoms with van der Waals surface area (Å²) in [5.41, 5.74) is 4.35. The molecule has 42 heavy (non-hydrogen) atoms. The second-order valence-electron chi connectivity index (χ2n) is 10.1. The van der Waals surface area contributed by atoms with Crippen molar-refractivity contribution in [3.8, 4) is 45.6 Å². The average Bonchev–Trinajstić information content (AvgIpc) is 3.07. The van der Waals surface area contributed by atoms with Crippen LogP contribution in [0.25, 0.3) is 78.0 Å². The van der Waals surface area contributed by atoms with Crippen LogP contribution in [0.1, 0.15) is 0 Å². The molecule has 0 bridgehead atoms. The van der Waals surface area contributed by atoms with Crippen molar-refractivity contribution in [2.75, 3.05) is 0 Å². The smallest absolute Gasteiger partial charge is 0.167 e. The summed E-state index contributed by atoms with van der Waals surface area (Å²) in [6.45, 7) is 0.